The van der Waals surface area contributed by atoms with Crippen LogP contribution < -0.4 is 5.73 Å². The van der Waals surface area contributed by atoms with Crippen LogP contribution in [0.2, 0.25) is 0 Å². The molecule has 1 atom stereocenters. The normalized spacial score (nSPS) is 25.2. The van der Waals surface area contributed by atoms with E-state index in [1.54, 1.807) is 0 Å². The third kappa shape index (κ3) is 4.29. The fourth-order valence-corrected chi connectivity index (χ4v) is 5.20. The third-order valence-corrected chi connectivity index (χ3v) is 7.09. The summed E-state index contributed by atoms with van der Waals surface area (Å²) in [5.74, 6) is -1.10. The first kappa shape index (κ1) is 22.0. The lowest BCUT2D eigenvalue weighted by molar-refractivity contribution is -0.182. The minimum Gasteiger partial charge on any atom is -0.341 e. The van der Waals surface area contributed by atoms with Crippen LogP contribution in [0.5, 0.6) is 0 Å². The molecule has 6 nitrogen and oxygen atoms in total. The van der Waals surface area contributed by atoms with Crippen LogP contribution in [0.25, 0.3) is 5.65 Å². The Labute approximate surface area is 180 Å². The Hall–Kier alpha value is -2.16. The zero-order valence-corrected chi connectivity index (χ0v) is 18.1. The highest BCUT2D eigenvalue weighted by atomic mass is 19.4. The van der Waals surface area contributed by atoms with Gasteiger partial charge in [0, 0.05) is 36.7 Å². The fraction of sp³-hybridized carbons (Fsp3) is 0.682. The molecule has 2 aromatic heterocycles. The molecule has 3 heterocycles. The summed E-state index contributed by atoms with van der Waals surface area (Å²) in [4.78, 5) is 18.7. The van der Waals surface area contributed by atoms with Crippen molar-refractivity contribution in [3.8, 4) is 0 Å². The Balaban J connectivity index is 1.64. The van der Waals surface area contributed by atoms with Crippen molar-refractivity contribution in [2.45, 2.75) is 70.4 Å². The molecule has 1 saturated carbocycles. The van der Waals surface area contributed by atoms with Gasteiger partial charge in [0.1, 0.15) is 0 Å². The summed E-state index contributed by atoms with van der Waals surface area (Å²) in [6.45, 7) is 5.30. The van der Waals surface area contributed by atoms with Crippen LogP contribution >= 0.6 is 0 Å². The Morgan fingerprint density at radius 2 is 1.87 bits per heavy atom. The van der Waals surface area contributed by atoms with E-state index in [1.165, 1.54) is 0 Å². The molecule has 1 aliphatic heterocycles. The zero-order valence-electron chi connectivity index (χ0n) is 18.1. The van der Waals surface area contributed by atoms with Gasteiger partial charge in [0.05, 0.1) is 23.9 Å². The molecule has 0 radical (unpaired) electrons. The van der Waals surface area contributed by atoms with Crippen LogP contribution in [0.3, 0.4) is 0 Å². The van der Waals surface area contributed by atoms with E-state index in [9.17, 15) is 18.0 Å². The second-order valence-electron chi connectivity index (χ2n) is 9.02. The monoisotopic (exact) mass is 437 g/mol. The first-order valence-electron chi connectivity index (χ1n) is 11.1. The van der Waals surface area contributed by atoms with E-state index in [4.69, 9.17) is 15.8 Å². The molecule has 1 aliphatic carbocycles. The topological polar surface area (TPSA) is 76.5 Å². The summed E-state index contributed by atoms with van der Waals surface area (Å²) >= 11 is 0. The van der Waals surface area contributed by atoms with Crippen molar-refractivity contribution in [3.63, 3.8) is 0 Å². The molecule has 9 heteroatoms. The number of piperidine rings is 1. The minimum atomic E-state index is -4.11. The zero-order chi connectivity index (χ0) is 22.3. The van der Waals surface area contributed by atoms with Crippen molar-refractivity contribution in [1.29, 1.82) is 0 Å². The minimum absolute atomic E-state index is 0.00298. The number of halogens is 3. The number of rotatable bonds is 3. The second kappa shape index (κ2) is 8.41. The maximum absolute atomic E-state index is 13.0. The van der Waals surface area contributed by atoms with E-state index in [2.05, 4.69) is 0 Å². The number of carbonyl (C=O) groups excluding carboxylic acids is 1. The van der Waals surface area contributed by atoms with Gasteiger partial charge in [0.2, 0.25) is 5.91 Å². The lowest BCUT2D eigenvalue weighted by Crippen LogP contribution is -2.42. The molecule has 2 aromatic rings. The van der Waals surface area contributed by atoms with Crippen LogP contribution in [0.15, 0.2) is 6.07 Å². The van der Waals surface area contributed by atoms with Gasteiger partial charge in [-0.2, -0.15) is 18.3 Å². The van der Waals surface area contributed by atoms with Gasteiger partial charge in [0.25, 0.3) is 0 Å². The van der Waals surface area contributed by atoms with E-state index in [-0.39, 0.29) is 37.1 Å². The van der Waals surface area contributed by atoms with Crippen LogP contribution in [0, 0.1) is 19.8 Å². The van der Waals surface area contributed by atoms with Crippen LogP contribution in [-0.4, -0.2) is 51.2 Å². The molecule has 0 spiro atoms. The molecule has 2 N–H and O–H groups in total. The molecule has 31 heavy (non-hydrogen) atoms. The molecule has 0 aromatic carbocycles. The molecule has 0 bridgehead atoms. The lowest BCUT2D eigenvalue weighted by atomic mass is 9.80. The fourth-order valence-electron chi connectivity index (χ4n) is 5.20. The Kier molecular flexibility index (Phi) is 5.98. The molecule has 2 aliphatic rings. The van der Waals surface area contributed by atoms with Gasteiger partial charge in [-0.25, -0.2) is 9.50 Å². The number of likely N-dealkylation sites (tertiary alicyclic amines) is 1. The largest absolute Gasteiger partial charge is 0.391 e. The van der Waals surface area contributed by atoms with E-state index >= 15 is 0 Å². The molecule has 2 fully saturated rings. The smallest absolute Gasteiger partial charge is 0.341 e. The summed E-state index contributed by atoms with van der Waals surface area (Å²) in [5.41, 5.74) is 10.1. The average molecular weight is 438 g/mol. The first-order chi connectivity index (χ1) is 14.7. The Morgan fingerprint density at radius 3 is 2.52 bits per heavy atom. The van der Waals surface area contributed by atoms with Gasteiger partial charge in [0.15, 0.2) is 5.65 Å². The van der Waals surface area contributed by atoms with Gasteiger partial charge < -0.3 is 10.6 Å². The lowest BCUT2D eigenvalue weighted by Gasteiger charge is -2.33. The number of aromatic nitrogens is 3. The molecule has 1 saturated heterocycles. The van der Waals surface area contributed by atoms with Crippen LogP contribution in [0.1, 0.15) is 73.0 Å². The highest BCUT2D eigenvalue weighted by Crippen LogP contribution is 2.43. The standard InChI is InChI=1S/C22H30F3N5O/c1-13-14(2)27-19-10-18(15-5-7-17(8-6-15)22(23,24)25)28-30(19)21(13)16-4-3-9-29(12-16)20(31)11-26/h10,15-17H,3-9,11-12,26H2,1-2H3/t15-,16-,17-/m1/s1. The van der Waals surface area contributed by atoms with Gasteiger partial charge >= 0.3 is 6.18 Å². The summed E-state index contributed by atoms with van der Waals surface area (Å²) < 4.78 is 41.0. The second-order valence-corrected chi connectivity index (χ2v) is 9.02. The molecule has 0 unspecified atom stereocenters. The van der Waals surface area contributed by atoms with Crippen molar-refractivity contribution in [3.05, 3.63) is 28.7 Å². The Bertz CT molecular complexity index is 962. The van der Waals surface area contributed by atoms with Crippen LogP contribution in [-0.2, 0) is 4.79 Å². The van der Waals surface area contributed by atoms with Crippen molar-refractivity contribution in [2.75, 3.05) is 19.6 Å². The Morgan fingerprint density at radius 1 is 1.16 bits per heavy atom. The highest BCUT2D eigenvalue weighted by molar-refractivity contribution is 5.78. The van der Waals surface area contributed by atoms with Gasteiger partial charge in [-0.05, 0) is 57.9 Å². The summed E-state index contributed by atoms with van der Waals surface area (Å²) in [6, 6.07) is 1.93. The average Bonchev–Trinajstić information content (AvgIpc) is 3.16. The first-order valence-corrected chi connectivity index (χ1v) is 11.1. The molecular formula is C22H30F3N5O. The van der Waals surface area contributed by atoms with Crippen LogP contribution in [0.4, 0.5) is 13.2 Å². The van der Waals surface area contributed by atoms with Crippen molar-refractivity contribution < 1.29 is 18.0 Å². The van der Waals surface area contributed by atoms with Crippen molar-refractivity contribution in [1.82, 2.24) is 19.5 Å². The summed E-state index contributed by atoms with van der Waals surface area (Å²) in [5, 5.41) is 4.84. The van der Waals surface area contributed by atoms with Crippen molar-refractivity contribution in [2.24, 2.45) is 11.7 Å². The van der Waals surface area contributed by atoms with E-state index in [1.807, 2.05) is 29.3 Å². The predicted molar refractivity (Wildman–Crippen MR) is 111 cm³/mol. The summed E-state index contributed by atoms with van der Waals surface area (Å²) in [7, 11) is 0. The third-order valence-electron chi connectivity index (χ3n) is 7.09. The van der Waals surface area contributed by atoms with E-state index < -0.39 is 12.1 Å². The molecule has 170 valence electrons. The number of nitrogens with two attached hydrogens (primary N) is 1. The highest BCUT2D eigenvalue weighted by Gasteiger charge is 2.42. The molecule has 1 amide bonds. The number of carbonyl (C=O) groups is 1. The number of alkyl halides is 3. The number of fused-ring (bicyclic) bond motifs is 1. The van der Waals surface area contributed by atoms with Crippen molar-refractivity contribution >= 4 is 11.6 Å². The SMILES string of the molecule is Cc1nc2cc([C@H]3CC[C@H](C(F)(F)F)CC3)nn2c([C@@H]2CCCN(C(=O)CN)C2)c1C. The molecular weight excluding hydrogens is 407 g/mol. The number of aryl methyl sites for hydroxylation is 1. The number of nitrogens with zero attached hydrogens (tertiary/aromatic N) is 4. The predicted octanol–water partition coefficient (Wildman–Crippen LogP) is 3.85. The van der Waals surface area contributed by atoms with Gasteiger partial charge in [-0.1, -0.05) is 0 Å². The van der Waals surface area contributed by atoms with E-state index in [0.29, 0.717) is 25.9 Å². The number of hydrogen-bond donors (Lipinski definition) is 1. The summed E-state index contributed by atoms with van der Waals surface area (Å²) in [6.07, 6.45) is -0.986. The maximum atomic E-state index is 13.0. The van der Waals surface area contributed by atoms with E-state index in [0.717, 1.165) is 41.1 Å². The number of hydrogen-bond acceptors (Lipinski definition) is 4. The number of amides is 1. The maximum Gasteiger partial charge on any atom is 0.391 e. The van der Waals surface area contributed by atoms with Gasteiger partial charge in [-0.15, -0.1) is 0 Å². The molecule has 4 rings (SSSR count). The quantitative estimate of drug-likeness (QED) is 0.792. The van der Waals surface area contributed by atoms with Gasteiger partial charge in [-0.3, -0.25) is 4.79 Å².